The summed E-state index contributed by atoms with van der Waals surface area (Å²) >= 11 is 0. The van der Waals surface area contributed by atoms with E-state index in [2.05, 4.69) is 46.4 Å². The smallest absolute Gasteiger partial charge is 0.338 e. The SMILES string of the molecule is CCOC(=O)c1ccc(CCN2CCN(C(=O)/C=C/c3cc(C(C)(C)C)c(O)c(C(C)(C)C)c3)CC2)cc1. The molecule has 6 heteroatoms. The number of ether oxygens (including phenoxy) is 1. The van der Waals surface area contributed by atoms with Crippen LogP contribution in [0.15, 0.2) is 42.5 Å². The van der Waals surface area contributed by atoms with E-state index in [1.807, 2.05) is 47.4 Å². The minimum atomic E-state index is -0.288. The molecule has 0 unspecified atom stereocenters. The van der Waals surface area contributed by atoms with Crippen LogP contribution >= 0.6 is 0 Å². The lowest BCUT2D eigenvalue weighted by molar-refractivity contribution is -0.127. The lowest BCUT2D eigenvalue weighted by Gasteiger charge is -2.34. The maximum Gasteiger partial charge on any atom is 0.338 e. The Morgan fingerprint density at radius 2 is 1.47 bits per heavy atom. The van der Waals surface area contributed by atoms with E-state index in [4.69, 9.17) is 4.74 Å². The van der Waals surface area contributed by atoms with Gasteiger partial charge in [0.25, 0.3) is 0 Å². The van der Waals surface area contributed by atoms with Gasteiger partial charge in [0.15, 0.2) is 0 Å². The maximum atomic E-state index is 13.0. The number of carbonyl (C=O) groups is 2. The predicted octanol–water partition coefficient (Wildman–Crippen LogP) is 5.56. The minimum absolute atomic E-state index is 0.0156. The highest BCUT2D eigenvalue weighted by Crippen LogP contribution is 2.40. The molecule has 2 aromatic carbocycles. The number of aromatic hydroxyl groups is 1. The Balaban J connectivity index is 1.56. The van der Waals surface area contributed by atoms with E-state index in [0.717, 1.165) is 42.7 Å². The zero-order valence-corrected chi connectivity index (χ0v) is 24.1. The van der Waals surface area contributed by atoms with Gasteiger partial charge in [-0.25, -0.2) is 4.79 Å². The average molecular weight is 521 g/mol. The van der Waals surface area contributed by atoms with Crippen molar-refractivity contribution in [2.75, 3.05) is 39.3 Å². The minimum Gasteiger partial charge on any atom is -0.507 e. The molecule has 1 fully saturated rings. The second-order valence-corrected chi connectivity index (χ2v) is 12.1. The third-order valence-corrected chi connectivity index (χ3v) is 7.03. The van der Waals surface area contributed by atoms with Gasteiger partial charge in [-0.2, -0.15) is 0 Å². The largest absolute Gasteiger partial charge is 0.507 e. The molecule has 1 aliphatic heterocycles. The molecule has 1 aliphatic rings. The fraction of sp³-hybridized carbons (Fsp3) is 0.500. The molecule has 1 amide bonds. The number of amides is 1. The molecule has 0 atom stereocenters. The van der Waals surface area contributed by atoms with Crippen LogP contribution in [0.3, 0.4) is 0 Å². The Morgan fingerprint density at radius 3 is 1.97 bits per heavy atom. The quantitative estimate of drug-likeness (QED) is 0.382. The monoisotopic (exact) mass is 520 g/mol. The number of piperazine rings is 1. The number of hydrogen-bond donors (Lipinski definition) is 1. The number of carbonyl (C=O) groups excluding carboxylic acids is 2. The van der Waals surface area contributed by atoms with Crippen molar-refractivity contribution in [2.45, 2.75) is 65.7 Å². The van der Waals surface area contributed by atoms with Gasteiger partial charge in [0.1, 0.15) is 5.75 Å². The van der Waals surface area contributed by atoms with Crippen LogP contribution < -0.4 is 0 Å². The van der Waals surface area contributed by atoms with Crippen LogP contribution in [-0.4, -0.2) is 66.1 Å². The highest BCUT2D eigenvalue weighted by Gasteiger charge is 2.26. The molecule has 1 saturated heterocycles. The van der Waals surface area contributed by atoms with Crippen LogP contribution in [0.4, 0.5) is 0 Å². The van der Waals surface area contributed by atoms with Gasteiger partial charge in [0.05, 0.1) is 12.2 Å². The van der Waals surface area contributed by atoms with Crippen molar-refractivity contribution in [1.82, 2.24) is 9.80 Å². The summed E-state index contributed by atoms with van der Waals surface area (Å²) in [4.78, 5) is 29.0. The molecular weight excluding hydrogens is 476 g/mol. The number of phenolic OH excluding ortho intramolecular Hbond substituents is 1. The topological polar surface area (TPSA) is 70.1 Å². The summed E-state index contributed by atoms with van der Waals surface area (Å²) in [5.41, 5.74) is 4.04. The Morgan fingerprint density at radius 1 is 0.921 bits per heavy atom. The molecule has 38 heavy (non-hydrogen) atoms. The standard InChI is InChI=1S/C32H44N2O4/c1-8-38-30(37)25-12-9-23(10-13-25)15-16-33-17-19-34(20-18-33)28(35)14-11-24-21-26(31(2,3)4)29(36)27(22-24)32(5,6)7/h9-14,21-22,36H,8,15-20H2,1-7H3/b14-11+. The van der Waals surface area contributed by atoms with Crippen LogP contribution in [0, 0.1) is 0 Å². The summed E-state index contributed by atoms with van der Waals surface area (Å²) in [5.74, 6) is 0.0741. The number of phenols is 1. The number of nitrogens with zero attached hydrogens (tertiary/aromatic N) is 2. The molecule has 1 N–H and O–H groups in total. The van der Waals surface area contributed by atoms with E-state index in [1.165, 1.54) is 5.56 Å². The van der Waals surface area contributed by atoms with Gasteiger partial charge >= 0.3 is 5.97 Å². The lowest BCUT2D eigenvalue weighted by atomic mass is 9.78. The van der Waals surface area contributed by atoms with E-state index in [1.54, 1.807) is 13.0 Å². The van der Waals surface area contributed by atoms with Crippen molar-refractivity contribution in [3.05, 3.63) is 70.3 Å². The highest BCUT2D eigenvalue weighted by atomic mass is 16.5. The van der Waals surface area contributed by atoms with Crippen molar-refractivity contribution in [2.24, 2.45) is 0 Å². The molecule has 0 aliphatic carbocycles. The molecule has 0 spiro atoms. The molecule has 0 saturated carbocycles. The first-order valence-electron chi connectivity index (χ1n) is 13.6. The molecule has 0 bridgehead atoms. The van der Waals surface area contributed by atoms with Crippen LogP contribution in [0.1, 0.15) is 81.1 Å². The van der Waals surface area contributed by atoms with Crippen molar-refractivity contribution in [1.29, 1.82) is 0 Å². The van der Waals surface area contributed by atoms with Gasteiger partial charge in [-0.05, 0) is 65.6 Å². The molecule has 1 heterocycles. The van der Waals surface area contributed by atoms with Gasteiger partial charge in [-0.3, -0.25) is 9.69 Å². The van der Waals surface area contributed by atoms with Gasteiger partial charge in [-0.15, -0.1) is 0 Å². The van der Waals surface area contributed by atoms with E-state index in [0.29, 0.717) is 31.0 Å². The van der Waals surface area contributed by atoms with Crippen LogP contribution in [0.2, 0.25) is 0 Å². The van der Waals surface area contributed by atoms with Crippen molar-refractivity contribution in [3.63, 3.8) is 0 Å². The van der Waals surface area contributed by atoms with E-state index < -0.39 is 0 Å². The first-order chi connectivity index (χ1) is 17.8. The third-order valence-electron chi connectivity index (χ3n) is 7.03. The van der Waals surface area contributed by atoms with Gasteiger partial charge in [0, 0.05) is 49.9 Å². The fourth-order valence-corrected chi connectivity index (χ4v) is 4.67. The third kappa shape index (κ3) is 7.70. The van der Waals surface area contributed by atoms with Gasteiger partial charge < -0.3 is 14.7 Å². The Hall–Kier alpha value is -3.12. The van der Waals surface area contributed by atoms with E-state index >= 15 is 0 Å². The van der Waals surface area contributed by atoms with Crippen molar-refractivity contribution < 1.29 is 19.4 Å². The van der Waals surface area contributed by atoms with E-state index in [-0.39, 0.29) is 22.7 Å². The van der Waals surface area contributed by atoms with Gasteiger partial charge in [0.2, 0.25) is 5.91 Å². The van der Waals surface area contributed by atoms with Crippen molar-refractivity contribution in [3.8, 4) is 5.75 Å². The number of hydrogen-bond acceptors (Lipinski definition) is 5. The van der Waals surface area contributed by atoms with E-state index in [9.17, 15) is 14.7 Å². The molecular formula is C32H44N2O4. The summed E-state index contributed by atoms with van der Waals surface area (Å²) in [6.45, 7) is 18.7. The number of benzene rings is 2. The second kappa shape index (κ2) is 12.2. The zero-order valence-electron chi connectivity index (χ0n) is 24.1. The molecule has 3 rings (SSSR count). The summed E-state index contributed by atoms with van der Waals surface area (Å²) in [7, 11) is 0. The van der Waals surface area contributed by atoms with Crippen molar-refractivity contribution >= 4 is 18.0 Å². The van der Waals surface area contributed by atoms with Crippen LogP contribution in [0.25, 0.3) is 6.08 Å². The predicted molar refractivity (Wildman–Crippen MR) is 154 cm³/mol. The second-order valence-electron chi connectivity index (χ2n) is 12.1. The molecule has 0 radical (unpaired) electrons. The summed E-state index contributed by atoms with van der Waals surface area (Å²) in [6, 6.07) is 11.6. The fourth-order valence-electron chi connectivity index (χ4n) is 4.67. The first kappa shape index (κ1) is 29.4. The molecule has 206 valence electrons. The lowest BCUT2D eigenvalue weighted by Crippen LogP contribution is -2.48. The number of esters is 1. The average Bonchev–Trinajstić information content (AvgIpc) is 2.86. The summed E-state index contributed by atoms with van der Waals surface area (Å²) in [5, 5.41) is 10.9. The van der Waals surface area contributed by atoms with Gasteiger partial charge in [-0.1, -0.05) is 53.7 Å². The Bertz CT molecular complexity index is 1110. The first-order valence-corrected chi connectivity index (χ1v) is 13.6. The molecule has 2 aromatic rings. The summed E-state index contributed by atoms with van der Waals surface area (Å²) < 4.78 is 5.04. The number of rotatable bonds is 7. The van der Waals surface area contributed by atoms with Crippen LogP contribution in [0.5, 0.6) is 5.75 Å². The maximum absolute atomic E-state index is 13.0. The summed E-state index contributed by atoms with van der Waals surface area (Å²) in [6.07, 6.45) is 4.43. The highest BCUT2D eigenvalue weighted by molar-refractivity contribution is 5.92. The molecule has 0 aromatic heterocycles. The Kier molecular flexibility index (Phi) is 9.42. The zero-order chi connectivity index (χ0) is 28.1. The van der Waals surface area contributed by atoms with Crippen LogP contribution in [-0.2, 0) is 26.8 Å². The normalized spacial score (nSPS) is 15.2. The Labute approximate surface area is 228 Å². The molecule has 6 nitrogen and oxygen atoms in total.